The number of nitrogens with zero attached hydrogens (tertiary/aromatic N) is 1. The molecule has 1 aliphatic carbocycles. The molecule has 1 saturated heterocycles. The zero-order valence-corrected chi connectivity index (χ0v) is 14.1. The summed E-state index contributed by atoms with van der Waals surface area (Å²) >= 11 is 0. The van der Waals surface area contributed by atoms with Crippen LogP contribution in [0, 0.1) is 17.2 Å². The average Bonchev–Trinajstić information content (AvgIpc) is 3.36. The minimum Gasteiger partial charge on any atom is -0.377 e. The molecule has 2 fully saturated rings. The van der Waals surface area contributed by atoms with Crippen LogP contribution in [0.3, 0.4) is 0 Å². The van der Waals surface area contributed by atoms with Gasteiger partial charge in [-0.15, -0.1) is 0 Å². The molecule has 0 bridgehead atoms. The Hall–Kier alpha value is -1.91. The van der Waals surface area contributed by atoms with Crippen LogP contribution in [0.1, 0.15) is 42.7 Å². The normalized spacial score (nSPS) is 26.4. The van der Waals surface area contributed by atoms with E-state index >= 15 is 0 Å². The Morgan fingerprint density at radius 2 is 2.21 bits per heavy atom. The van der Waals surface area contributed by atoms with Gasteiger partial charge in [0.2, 0.25) is 15.9 Å². The number of ether oxygens (including phenoxy) is 1. The van der Waals surface area contributed by atoms with Gasteiger partial charge in [-0.3, -0.25) is 9.52 Å². The Balaban J connectivity index is 1.56. The molecule has 6 nitrogen and oxygen atoms in total. The SMILES string of the molecule is N#Cc1cccc(C2CC2C(=O)NS(=O)(=O)CC2CCCCO2)c1. The lowest BCUT2D eigenvalue weighted by molar-refractivity contribution is -0.120. The van der Waals surface area contributed by atoms with E-state index in [9.17, 15) is 13.2 Å². The largest absolute Gasteiger partial charge is 0.377 e. The molecule has 1 amide bonds. The van der Waals surface area contributed by atoms with Crippen molar-refractivity contribution >= 4 is 15.9 Å². The van der Waals surface area contributed by atoms with Crippen LogP contribution in [0.4, 0.5) is 0 Å². The van der Waals surface area contributed by atoms with Crippen molar-refractivity contribution in [3.8, 4) is 6.07 Å². The molecule has 0 aromatic heterocycles. The number of benzene rings is 1. The first kappa shape index (κ1) is 16.9. The van der Waals surface area contributed by atoms with Crippen LogP contribution < -0.4 is 4.72 Å². The number of amides is 1. The highest BCUT2D eigenvalue weighted by Crippen LogP contribution is 2.47. The minimum atomic E-state index is -3.68. The van der Waals surface area contributed by atoms with E-state index in [1.165, 1.54) is 0 Å². The maximum absolute atomic E-state index is 12.2. The van der Waals surface area contributed by atoms with E-state index in [0.717, 1.165) is 18.4 Å². The molecule has 0 radical (unpaired) electrons. The molecule has 1 aromatic rings. The monoisotopic (exact) mass is 348 g/mol. The van der Waals surface area contributed by atoms with Crippen LogP contribution >= 0.6 is 0 Å². The van der Waals surface area contributed by atoms with E-state index in [1.54, 1.807) is 18.2 Å². The molecular formula is C17H20N2O4S. The summed E-state index contributed by atoms with van der Waals surface area (Å²) < 4.78 is 31.9. The average molecular weight is 348 g/mol. The maximum Gasteiger partial charge on any atom is 0.237 e. The van der Waals surface area contributed by atoms with Crippen LogP contribution in [-0.2, 0) is 19.6 Å². The fraction of sp³-hybridized carbons (Fsp3) is 0.529. The number of nitrogens with one attached hydrogen (secondary N) is 1. The second-order valence-electron chi connectivity index (χ2n) is 6.42. The third-order valence-corrected chi connectivity index (χ3v) is 5.83. The molecule has 1 N–H and O–H groups in total. The van der Waals surface area contributed by atoms with Crippen LogP contribution in [0.2, 0.25) is 0 Å². The predicted octanol–water partition coefficient (Wildman–Crippen LogP) is 1.68. The number of carbonyl (C=O) groups is 1. The lowest BCUT2D eigenvalue weighted by Gasteiger charge is -2.22. The summed E-state index contributed by atoms with van der Waals surface area (Å²) in [5, 5.41) is 8.93. The van der Waals surface area contributed by atoms with Crippen molar-refractivity contribution in [3.05, 3.63) is 35.4 Å². The van der Waals surface area contributed by atoms with E-state index in [4.69, 9.17) is 10.00 Å². The van der Waals surface area contributed by atoms with Crippen LogP contribution in [0.5, 0.6) is 0 Å². The highest BCUT2D eigenvalue weighted by molar-refractivity contribution is 7.90. The molecule has 3 unspecified atom stereocenters. The third kappa shape index (κ3) is 4.13. The molecule has 1 saturated carbocycles. The van der Waals surface area contributed by atoms with Gasteiger partial charge in [0.25, 0.3) is 0 Å². The van der Waals surface area contributed by atoms with Crippen molar-refractivity contribution in [3.63, 3.8) is 0 Å². The van der Waals surface area contributed by atoms with Gasteiger partial charge >= 0.3 is 0 Å². The van der Waals surface area contributed by atoms with Gasteiger partial charge in [0.05, 0.1) is 23.5 Å². The molecular weight excluding hydrogens is 328 g/mol. The van der Waals surface area contributed by atoms with E-state index in [1.807, 2.05) is 6.07 Å². The Morgan fingerprint density at radius 3 is 2.92 bits per heavy atom. The predicted molar refractivity (Wildman–Crippen MR) is 87.5 cm³/mol. The van der Waals surface area contributed by atoms with Gasteiger partial charge < -0.3 is 4.74 Å². The first-order chi connectivity index (χ1) is 11.5. The molecule has 1 aliphatic heterocycles. The lowest BCUT2D eigenvalue weighted by atomic mass is 10.1. The van der Waals surface area contributed by atoms with E-state index in [0.29, 0.717) is 25.0 Å². The number of sulfonamides is 1. The fourth-order valence-corrected chi connectivity index (χ4v) is 4.44. The van der Waals surface area contributed by atoms with Crippen molar-refractivity contribution in [1.82, 2.24) is 4.72 Å². The van der Waals surface area contributed by atoms with Crippen molar-refractivity contribution in [2.75, 3.05) is 12.4 Å². The second kappa shape index (κ2) is 6.91. The summed E-state index contributed by atoms with van der Waals surface area (Å²) in [6.45, 7) is 0.577. The van der Waals surface area contributed by atoms with Crippen molar-refractivity contribution in [2.24, 2.45) is 5.92 Å². The number of nitriles is 1. The molecule has 2 aliphatic rings. The van der Waals surface area contributed by atoms with Gasteiger partial charge in [0, 0.05) is 12.5 Å². The summed E-state index contributed by atoms with van der Waals surface area (Å²) in [5.74, 6) is -0.987. The summed E-state index contributed by atoms with van der Waals surface area (Å²) in [4.78, 5) is 12.2. The van der Waals surface area contributed by atoms with Gasteiger partial charge in [-0.2, -0.15) is 5.26 Å². The number of rotatable bonds is 5. The molecule has 1 aromatic carbocycles. The Kier molecular flexibility index (Phi) is 4.88. The van der Waals surface area contributed by atoms with Gasteiger partial charge in [-0.25, -0.2) is 8.42 Å². The quantitative estimate of drug-likeness (QED) is 0.873. The smallest absolute Gasteiger partial charge is 0.237 e. The molecule has 3 rings (SSSR count). The summed E-state index contributed by atoms with van der Waals surface area (Å²) in [5.41, 5.74) is 1.45. The van der Waals surface area contributed by atoms with E-state index in [2.05, 4.69) is 10.8 Å². The minimum absolute atomic E-state index is 0.0144. The molecule has 7 heteroatoms. The number of hydrogen-bond acceptors (Lipinski definition) is 5. The molecule has 0 spiro atoms. The number of carbonyl (C=O) groups excluding carboxylic acids is 1. The Labute approximate surface area is 141 Å². The van der Waals surface area contributed by atoms with Crippen LogP contribution in [0.25, 0.3) is 0 Å². The Morgan fingerprint density at radius 1 is 1.38 bits per heavy atom. The molecule has 24 heavy (non-hydrogen) atoms. The zero-order valence-electron chi connectivity index (χ0n) is 13.3. The summed E-state index contributed by atoms with van der Waals surface area (Å²) in [7, 11) is -3.68. The van der Waals surface area contributed by atoms with Gasteiger partial charge in [-0.1, -0.05) is 12.1 Å². The van der Waals surface area contributed by atoms with Crippen LogP contribution in [-0.4, -0.2) is 32.8 Å². The fourth-order valence-electron chi connectivity index (χ4n) is 3.15. The van der Waals surface area contributed by atoms with Crippen LogP contribution in [0.15, 0.2) is 24.3 Å². The summed E-state index contributed by atoms with van der Waals surface area (Å²) in [6, 6.07) is 9.16. The summed E-state index contributed by atoms with van der Waals surface area (Å²) in [6.07, 6.45) is 2.90. The van der Waals surface area contributed by atoms with Gasteiger partial charge in [-0.05, 0) is 49.3 Å². The highest BCUT2D eigenvalue weighted by atomic mass is 32.2. The third-order valence-electron chi connectivity index (χ3n) is 4.51. The van der Waals surface area contributed by atoms with Crippen molar-refractivity contribution in [1.29, 1.82) is 5.26 Å². The van der Waals surface area contributed by atoms with E-state index in [-0.39, 0.29) is 23.7 Å². The van der Waals surface area contributed by atoms with Gasteiger partial charge in [0.1, 0.15) is 0 Å². The topological polar surface area (TPSA) is 96.3 Å². The van der Waals surface area contributed by atoms with Gasteiger partial charge in [0.15, 0.2) is 0 Å². The van der Waals surface area contributed by atoms with Crippen molar-refractivity contribution < 1.29 is 17.9 Å². The first-order valence-corrected chi connectivity index (χ1v) is 9.80. The lowest BCUT2D eigenvalue weighted by Crippen LogP contribution is -2.39. The maximum atomic E-state index is 12.2. The Bertz CT molecular complexity index is 763. The van der Waals surface area contributed by atoms with Crippen molar-refractivity contribution in [2.45, 2.75) is 37.7 Å². The standard InChI is InChI=1S/C17H20N2O4S/c18-10-12-4-3-5-13(8-12)15-9-16(15)17(20)19-24(21,22)11-14-6-1-2-7-23-14/h3-5,8,14-16H,1-2,6-7,9,11H2,(H,19,20). The zero-order chi connectivity index (χ0) is 17.2. The highest BCUT2D eigenvalue weighted by Gasteiger charge is 2.45. The molecule has 128 valence electrons. The molecule has 1 heterocycles. The first-order valence-electron chi connectivity index (χ1n) is 8.14. The van der Waals surface area contributed by atoms with E-state index < -0.39 is 15.9 Å². The second-order valence-corrected chi connectivity index (χ2v) is 8.19. The number of hydrogen-bond donors (Lipinski definition) is 1. The molecule has 3 atom stereocenters.